The topological polar surface area (TPSA) is 33.0 Å². The van der Waals surface area contributed by atoms with Crippen molar-refractivity contribution < 1.29 is 4.74 Å². The van der Waals surface area contributed by atoms with E-state index in [0.717, 1.165) is 22.4 Å². The minimum Gasteiger partial charge on any atom is -0.494 e. The first kappa shape index (κ1) is 8.95. The van der Waals surface area contributed by atoms with Gasteiger partial charge in [0.2, 0.25) is 0 Å². The van der Waals surface area contributed by atoms with Gasteiger partial charge in [-0.2, -0.15) is 5.26 Å². The Morgan fingerprint density at radius 1 is 1.42 bits per heavy atom. The van der Waals surface area contributed by atoms with Gasteiger partial charge >= 0.3 is 0 Å². The Labute approximate surface area is 76.2 Å². The summed E-state index contributed by atoms with van der Waals surface area (Å²) in [4.78, 5) is 0.945. The van der Waals surface area contributed by atoms with Crippen LogP contribution >= 0.6 is 11.8 Å². The normalized spacial score (nSPS) is 9.00. The summed E-state index contributed by atoms with van der Waals surface area (Å²) < 4.78 is 5.25. The Morgan fingerprint density at radius 3 is 2.58 bits per heavy atom. The van der Waals surface area contributed by atoms with E-state index in [0.29, 0.717) is 6.61 Å². The first-order chi connectivity index (χ1) is 5.86. The highest BCUT2D eigenvalue weighted by atomic mass is 32.2. The molecule has 0 saturated carbocycles. The summed E-state index contributed by atoms with van der Waals surface area (Å²) in [6, 6.07) is 7.48. The smallest absolute Gasteiger partial charge is 0.138 e. The molecule has 0 fully saturated rings. The number of hydrogen-bond donors (Lipinski definition) is 0. The molecule has 0 unspecified atom stereocenters. The number of thiocyanates is 1. The van der Waals surface area contributed by atoms with Crippen LogP contribution in [0.2, 0.25) is 0 Å². The fourth-order valence-corrected chi connectivity index (χ4v) is 1.20. The van der Waals surface area contributed by atoms with Gasteiger partial charge in [0.25, 0.3) is 0 Å². The SMILES string of the molecule is CCOc1ccc(SC#N)cc1. The molecule has 0 saturated heterocycles. The van der Waals surface area contributed by atoms with E-state index in [9.17, 15) is 0 Å². The zero-order chi connectivity index (χ0) is 8.81. The zero-order valence-corrected chi connectivity index (χ0v) is 7.60. The van der Waals surface area contributed by atoms with Crippen LogP contribution in [-0.4, -0.2) is 6.61 Å². The van der Waals surface area contributed by atoms with Crippen molar-refractivity contribution in [2.75, 3.05) is 6.61 Å². The lowest BCUT2D eigenvalue weighted by molar-refractivity contribution is 0.340. The Kier molecular flexibility index (Phi) is 3.49. The highest BCUT2D eigenvalue weighted by Gasteiger charge is 1.93. The number of thioether (sulfide) groups is 1. The predicted molar refractivity (Wildman–Crippen MR) is 49.1 cm³/mol. The molecule has 0 aromatic heterocycles. The van der Waals surface area contributed by atoms with Gasteiger partial charge in [0.05, 0.1) is 6.61 Å². The van der Waals surface area contributed by atoms with E-state index in [1.54, 1.807) is 0 Å². The molecule has 0 bridgehead atoms. The van der Waals surface area contributed by atoms with E-state index in [1.807, 2.05) is 36.6 Å². The molecule has 0 radical (unpaired) electrons. The van der Waals surface area contributed by atoms with Crippen molar-refractivity contribution in [3.8, 4) is 11.2 Å². The van der Waals surface area contributed by atoms with Gasteiger partial charge in [0.1, 0.15) is 11.2 Å². The average Bonchev–Trinajstić information content (AvgIpc) is 2.09. The molecule has 0 amide bonds. The molecule has 1 rings (SSSR count). The Balaban J connectivity index is 2.66. The molecule has 0 heterocycles. The standard InChI is InChI=1S/C9H9NOS/c1-2-11-8-3-5-9(6-4-8)12-7-10/h3-6H,2H2,1H3. The molecule has 0 aliphatic carbocycles. The molecule has 2 nitrogen and oxygen atoms in total. The Morgan fingerprint density at radius 2 is 2.08 bits per heavy atom. The van der Waals surface area contributed by atoms with Gasteiger partial charge in [-0.1, -0.05) is 0 Å². The van der Waals surface area contributed by atoms with Gasteiger partial charge in [-0.15, -0.1) is 0 Å². The van der Waals surface area contributed by atoms with E-state index in [1.165, 1.54) is 0 Å². The van der Waals surface area contributed by atoms with Crippen LogP contribution < -0.4 is 4.74 Å². The quantitative estimate of drug-likeness (QED) is 0.528. The number of nitriles is 1. The third-order valence-electron chi connectivity index (χ3n) is 1.30. The van der Waals surface area contributed by atoms with Crippen LogP contribution in [0.3, 0.4) is 0 Å². The van der Waals surface area contributed by atoms with Gasteiger partial charge in [-0.05, 0) is 43.0 Å². The van der Waals surface area contributed by atoms with Gasteiger partial charge < -0.3 is 4.74 Å². The number of hydrogen-bond acceptors (Lipinski definition) is 3. The van der Waals surface area contributed by atoms with Crippen LogP contribution in [0, 0.1) is 10.7 Å². The van der Waals surface area contributed by atoms with E-state index in [-0.39, 0.29) is 0 Å². The minimum absolute atomic E-state index is 0.671. The van der Waals surface area contributed by atoms with Crippen LogP contribution in [0.25, 0.3) is 0 Å². The number of nitrogens with zero attached hydrogens (tertiary/aromatic N) is 1. The molecular weight excluding hydrogens is 170 g/mol. The maximum absolute atomic E-state index is 8.37. The largest absolute Gasteiger partial charge is 0.494 e. The van der Waals surface area contributed by atoms with Crippen molar-refractivity contribution in [2.24, 2.45) is 0 Å². The van der Waals surface area contributed by atoms with Crippen molar-refractivity contribution in [2.45, 2.75) is 11.8 Å². The molecule has 1 aromatic rings. The molecule has 0 aliphatic rings. The second-order valence-corrected chi connectivity index (χ2v) is 2.96. The summed E-state index contributed by atoms with van der Waals surface area (Å²) in [5.74, 6) is 0.847. The number of ether oxygens (including phenoxy) is 1. The lowest BCUT2D eigenvalue weighted by Crippen LogP contribution is -1.89. The summed E-state index contributed by atoms with van der Waals surface area (Å²) in [5, 5.41) is 10.4. The van der Waals surface area contributed by atoms with Crippen LogP contribution in [0.15, 0.2) is 29.2 Å². The highest BCUT2D eigenvalue weighted by Crippen LogP contribution is 2.19. The molecule has 0 spiro atoms. The second-order valence-electron chi connectivity index (χ2n) is 2.10. The third-order valence-corrected chi connectivity index (χ3v) is 1.90. The van der Waals surface area contributed by atoms with Gasteiger partial charge in [-0.25, -0.2) is 0 Å². The molecule has 1 aromatic carbocycles. The fourth-order valence-electron chi connectivity index (χ4n) is 0.823. The molecule has 62 valence electrons. The van der Waals surface area contributed by atoms with Crippen molar-refractivity contribution in [1.82, 2.24) is 0 Å². The van der Waals surface area contributed by atoms with E-state index < -0.39 is 0 Å². The first-order valence-corrected chi connectivity index (χ1v) is 4.47. The minimum atomic E-state index is 0.671. The second kappa shape index (κ2) is 4.68. The lowest BCUT2D eigenvalue weighted by atomic mass is 10.3. The zero-order valence-electron chi connectivity index (χ0n) is 6.78. The predicted octanol–water partition coefficient (Wildman–Crippen LogP) is 2.66. The van der Waals surface area contributed by atoms with Crippen molar-refractivity contribution in [3.63, 3.8) is 0 Å². The van der Waals surface area contributed by atoms with Crippen molar-refractivity contribution in [3.05, 3.63) is 24.3 Å². The fraction of sp³-hybridized carbons (Fsp3) is 0.222. The van der Waals surface area contributed by atoms with Gasteiger partial charge in [-0.3, -0.25) is 0 Å². The van der Waals surface area contributed by atoms with Crippen LogP contribution in [0.5, 0.6) is 5.75 Å². The number of rotatable bonds is 3. The van der Waals surface area contributed by atoms with Crippen LogP contribution in [-0.2, 0) is 0 Å². The van der Waals surface area contributed by atoms with E-state index in [2.05, 4.69) is 0 Å². The summed E-state index contributed by atoms with van der Waals surface area (Å²) in [7, 11) is 0. The van der Waals surface area contributed by atoms with Crippen molar-refractivity contribution >= 4 is 11.8 Å². The molecular formula is C9H9NOS. The average molecular weight is 179 g/mol. The number of benzene rings is 1. The molecule has 0 aliphatic heterocycles. The summed E-state index contributed by atoms with van der Waals surface area (Å²) in [6.07, 6.45) is 0. The molecule has 3 heteroatoms. The van der Waals surface area contributed by atoms with E-state index in [4.69, 9.17) is 10.00 Å². The molecule has 0 N–H and O–H groups in total. The third kappa shape index (κ3) is 2.48. The maximum Gasteiger partial charge on any atom is 0.138 e. The maximum atomic E-state index is 8.37. The highest BCUT2D eigenvalue weighted by molar-refractivity contribution is 8.03. The van der Waals surface area contributed by atoms with Gasteiger partial charge in [0, 0.05) is 4.90 Å². The van der Waals surface area contributed by atoms with Crippen LogP contribution in [0.1, 0.15) is 6.92 Å². The lowest BCUT2D eigenvalue weighted by Gasteiger charge is -2.01. The monoisotopic (exact) mass is 179 g/mol. The summed E-state index contributed by atoms with van der Waals surface area (Å²) >= 11 is 1.15. The first-order valence-electron chi connectivity index (χ1n) is 3.65. The van der Waals surface area contributed by atoms with E-state index >= 15 is 0 Å². The van der Waals surface area contributed by atoms with Crippen LogP contribution in [0.4, 0.5) is 0 Å². The van der Waals surface area contributed by atoms with Gasteiger partial charge in [0.15, 0.2) is 0 Å². The summed E-state index contributed by atoms with van der Waals surface area (Å²) in [6.45, 7) is 2.61. The molecule has 0 atom stereocenters. The summed E-state index contributed by atoms with van der Waals surface area (Å²) in [5.41, 5.74) is 0. The Bertz CT molecular complexity index is 276. The molecule has 12 heavy (non-hydrogen) atoms. The van der Waals surface area contributed by atoms with Crippen molar-refractivity contribution in [1.29, 1.82) is 5.26 Å². The Hall–Kier alpha value is -1.14.